The summed E-state index contributed by atoms with van der Waals surface area (Å²) in [6.45, 7) is 4.71. The molecule has 3 rings (SSSR count). The number of amides is 1. The Morgan fingerprint density at radius 3 is 2.41 bits per heavy atom. The zero-order valence-electron chi connectivity index (χ0n) is 14.9. The minimum absolute atomic E-state index is 0.0562. The maximum absolute atomic E-state index is 12.9. The molecule has 1 aromatic carbocycles. The van der Waals surface area contributed by atoms with Gasteiger partial charge in [0.15, 0.2) is 0 Å². The van der Waals surface area contributed by atoms with Gasteiger partial charge in [-0.3, -0.25) is 10.1 Å². The molecular weight excluding hydrogens is 392 g/mol. The third kappa shape index (κ3) is 4.44. The number of carbonyl (C=O) groups excluding carboxylic acids is 1. The second-order valence-electron chi connectivity index (χ2n) is 6.09. The number of hydrogen-bond acceptors (Lipinski definition) is 6. The van der Waals surface area contributed by atoms with Gasteiger partial charge in [0.05, 0.1) is 18.2 Å². The van der Waals surface area contributed by atoms with Crippen molar-refractivity contribution in [1.29, 1.82) is 0 Å². The quantitative estimate of drug-likeness (QED) is 0.827. The molecule has 0 unspecified atom stereocenters. The van der Waals surface area contributed by atoms with Gasteiger partial charge in [-0.05, 0) is 38.1 Å². The van der Waals surface area contributed by atoms with E-state index in [0.29, 0.717) is 24.6 Å². The molecule has 0 radical (unpaired) electrons. The van der Waals surface area contributed by atoms with E-state index in [0.717, 1.165) is 0 Å². The Kier molecular flexibility index (Phi) is 5.75. The van der Waals surface area contributed by atoms with Gasteiger partial charge >= 0.3 is 0 Å². The van der Waals surface area contributed by atoms with Crippen LogP contribution in [0.2, 0.25) is 5.02 Å². The lowest BCUT2D eigenvalue weighted by Crippen LogP contribution is -2.40. The zero-order valence-corrected chi connectivity index (χ0v) is 16.5. The Balaban J connectivity index is 1.89. The number of rotatable bonds is 4. The maximum Gasteiger partial charge on any atom is 0.258 e. The lowest BCUT2D eigenvalue weighted by Gasteiger charge is -2.26. The lowest BCUT2D eigenvalue weighted by molar-refractivity contribution is 0.0730. The summed E-state index contributed by atoms with van der Waals surface area (Å²) in [7, 11) is -3.82. The third-order valence-electron chi connectivity index (χ3n) is 3.99. The van der Waals surface area contributed by atoms with Crippen LogP contribution in [0, 0.1) is 13.8 Å². The predicted octanol–water partition coefficient (Wildman–Crippen LogP) is 2.02. The van der Waals surface area contributed by atoms with E-state index in [1.165, 1.54) is 22.5 Å². The van der Waals surface area contributed by atoms with Crippen LogP contribution in [-0.2, 0) is 14.8 Å². The highest BCUT2D eigenvalue weighted by Gasteiger charge is 2.29. The van der Waals surface area contributed by atoms with Gasteiger partial charge < -0.3 is 4.74 Å². The first-order valence-electron chi connectivity index (χ1n) is 8.28. The van der Waals surface area contributed by atoms with Gasteiger partial charge in [0, 0.05) is 30.0 Å². The zero-order chi connectivity index (χ0) is 19.6. The average molecular weight is 411 g/mol. The van der Waals surface area contributed by atoms with Crippen molar-refractivity contribution >= 4 is 33.5 Å². The summed E-state index contributed by atoms with van der Waals surface area (Å²) in [4.78, 5) is 20.7. The average Bonchev–Trinajstić information content (AvgIpc) is 2.61. The van der Waals surface area contributed by atoms with E-state index in [1.807, 2.05) is 0 Å². The van der Waals surface area contributed by atoms with Gasteiger partial charge in [0.1, 0.15) is 4.90 Å². The van der Waals surface area contributed by atoms with E-state index >= 15 is 0 Å². The van der Waals surface area contributed by atoms with Crippen molar-refractivity contribution in [2.24, 2.45) is 0 Å². The molecule has 2 heterocycles. The number of hydrogen-bond donors (Lipinski definition) is 1. The van der Waals surface area contributed by atoms with Crippen molar-refractivity contribution in [3.8, 4) is 0 Å². The fraction of sp³-hybridized carbons (Fsp3) is 0.353. The van der Waals surface area contributed by atoms with Crippen LogP contribution >= 0.6 is 11.6 Å². The molecule has 0 atom stereocenters. The molecular formula is C17H19ClN4O4S. The summed E-state index contributed by atoms with van der Waals surface area (Å²) in [6, 6.07) is 5.90. The topological polar surface area (TPSA) is 101 Å². The first kappa shape index (κ1) is 19.7. The van der Waals surface area contributed by atoms with Crippen molar-refractivity contribution in [2.75, 3.05) is 31.6 Å². The van der Waals surface area contributed by atoms with Crippen LogP contribution in [0.25, 0.3) is 0 Å². The summed E-state index contributed by atoms with van der Waals surface area (Å²) in [6.07, 6.45) is 0. The van der Waals surface area contributed by atoms with Crippen LogP contribution in [-0.4, -0.2) is 54.9 Å². The summed E-state index contributed by atoms with van der Waals surface area (Å²) in [5.41, 5.74) is 1.57. The van der Waals surface area contributed by atoms with Gasteiger partial charge in [0.25, 0.3) is 5.91 Å². The Morgan fingerprint density at radius 1 is 1.15 bits per heavy atom. The maximum atomic E-state index is 12.9. The van der Waals surface area contributed by atoms with Crippen molar-refractivity contribution < 1.29 is 17.9 Å². The molecule has 8 nitrogen and oxygen atoms in total. The Morgan fingerprint density at radius 2 is 1.78 bits per heavy atom. The molecule has 1 N–H and O–H groups in total. The Hall–Kier alpha value is -2.07. The van der Waals surface area contributed by atoms with Crippen LogP contribution in [0.5, 0.6) is 0 Å². The highest BCUT2D eigenvalue weighted by molar-refractivity contribution is 7.89. The first-order valence-corrected chi connectivity index (χ1v) is 10.1. The molecule has 144 valence electrons. The van der Waals surface area contributed by atoms with E-state index in [2.05, 4.69) is 15.3 Å². The molecule has 0 bridgehead atoms. The van der Waals surface area contributed by atoms with Crippen molar-refractivity contribution in [3.63, 3.8) is 0 Å². The van der Waals surface area contributed by atoms with Crippen molar-refractivity contribution in [2.45, 2.75) is 18.7 Å². The second-order valence-corrected chi connectivity index (χ2v) is 8.40. The van der Waals surface area contributed by atoms with E-state index in [9.17, 15) is 13.2 Å². The molecule has 27 heavy (non-hydrogen) atoms. The van der Waals surface area contributed by atoms with Crippen LogP contribution in [0.4, 0.5) is 5.95 Å². The number of aromatic nitrogens is 2. The molecule has 2 aromatic rings. The number of ether oxygens (including phenoxy) is 1. The fourth-order valence-electron chi connectivity index (χ4n) is 2.72. The Bertz CT molecular complexity index is 955. The number of benzene rings is 1. The standard InChI is InChI=1S/C17H19ClN4O4S/c1-11-9-12(2)20-17(19-11)21-16(23)13-3-4-14(18)15(10-13)27(24,25)22-5-7-26-8-6-22/h3-4,9-10H,5-8H2,1-2H3,(H,19,20,21,23). The van der Waals surface area contributed by atoms with E-state index in [4.69, 9.17) is 16.3 Å². The summed E-state index contributed by atoms with van der Waals surface area (Å²) >= 11 is 6.11. The molecule has 0 saturated carbocycles. The van der Waals surface area contributed by atoms with Crippen LogP contribution in [0.3, 0.4) is 0 Å². The minimum atomic E-state index is -3.82. The van der Waals surface area contributed by atoms with Crippen LogP contribution in [0.1, 0.15) is 21.7 Å². The molecule has 0 spiro atoms. The van der Waals surface area contributed by atoms with Gasteiger partial charge in [-0.2, -0.15) is 4.31 Å². The number of carbonyl (C=O) groups is 1. The van der Waals surface area contributed by atoms with Gasteiger partial charge in [-0.25, -0.2) is 18.4 Å². The highest BCUT2D eigenvalue weighted by atomic mass is 35.5. The SMILES string of the molecule is Cc1cc(C)nc(NC(=O)c2ccc(Cl)c(S(=O)(=O)N3CCOCC3)c2)n1. The number of sulfonamides is 1. The summed E-state index contributed by atoms with van der Waals surface area (Å²) < 4.78 is 32.2. The van der Waals surface area contributed by atoms with Crippen LogP contribution in [0.15, 0.2) is 29.2 Å². The molecule has 0 aliphatic carbocycles. The largest absolute Gasteiger partial charge is 0.379 e. The monoisotopic (exact) mass is 410 g/mol. The Labute approximate surface area is 162 Å². The summed E-state index contributed by atoms with van der Waals surface area (Å²) in [5, 5.41) is 2.64. The number of halogens is 1. The molecule has 1 fully saturated rings. The third-order valence-corrected chi connectivity index (χ3v) is 6.37. The summed E-state index contributed by atoms with van der Waals surface area (Å²) in [5.74, 6) is -0.361. The molecule has 1 amide bonds. The lowest BCUT2D eigenvalue weighted by atomic mass is 10.2. The fourth-order valence-corrected chi connectivity index (χ4v) is 4.63. The van der Waals surface area contributed by atoms with Crippen molar-refractivity contribution in [1.82, 2.24) is 14.3 Å². The molecule has 1 aliphatic rings. The van der Waals surface area contributed by atoms with Gasteiger partial charge in [-0.1, -0.05) is 11.6 Å². The number of anilines is 1. The number of nitrogens with zero attached hydrogens (tertiary/aromatic N) is 3. The van der Waals surface area contributed by atoms with Crippen molar-refractivity contribution in [3.05, 3.63) is 46.2 Å². The molecule has 1 saturated heterocycles. The number of morpholine rings is 1. The van der Waals surface area contributed by atoms with E-state index < -0.39 is 15.9 Å². The predicted molar refractivity (Wildman–Crippen MR) is 100 cm³/mol. The molecule has 1 aliphatic heterocycles. The number of aryl methyl sites for hydroxylation is 2. The van der Waals surface area contributed by atoms with E-state index in [1.54, 1.807) is 19.9 Å². The molecule has 1 aromatic heterocycles. The normalized spacial score (nSPS) is 15.5. The smallest absolute Gasteiger partial charge is 0.258 e. The first-order chi connectivity index (χ1) is 12.8. The van der Waals surface area contributed by atoms with Gasteiger partial charge in [-0.15, -0.1) is 0 Å². The van der Waals surface area contributed by atoms with Gasteiger partial charge in [0.2, 0.25) is 16.0 Å². The number of nitrogens with one attached hydrogen (secondary N) is 1. The van der Waals surface area contributed by atoms with E-state index in [-0.39, 0.29) is 34.5 Å². The minimum Gasteiger partial charge on any atom is -0.379 e. The van der Waals surface area contributed by atoms with Crippen LogP contribution < -0.4 is 5.32 Å². The second kappa shape index (κ2) is 7.89. The highest BCUT2D eigenvalue weighted by Crippen LogP contribution is 2.26. The molecule has 10 heteroatoms.